The monoisotopic (exact) mass is 384 g/mol. The molecule has 0 aliphatic carbocycles. The van der Waals surface area contributed by atoms with Crippen LogP contribution in [0.2, 0.25) is 0 Å². The van der Waals surface area contributed by atoms with Gasteiger partial charge in [-0.05, 0) is 13.0 Å². The molecule has 1 aliphatic heterocycles. The highest BCUT2D eigenvalue weighted by Gasteiger charge is 2.40. The lowest BCUT2D eigenvalue weighted by Crippen LogP contribution is -2.34. The minimum absolute atomic E-state index is 0.0323. The lowest BCUT2D eigenvalue weighted by Gasteiger charge is -2.10. The summed E-state index contributed by atoms with van der Waals surface area (Å²) in [5, 5.41) is 19.1. The van der Waals surface area contributed by atoms with Gasteiger partial charge in [-0.25, -0.2) is 14.8 Å². The smallest absolute Gasteiger partial charge is 0.335 e. The molecule has 1 aromatic rings. The highest BCUT2D eigenvalue weighted by molar-refractivity contribution is 5.99. The van der Waals surface area contributed by atoms with Crippen LogP contribution in [-0.4, -0.2) is 86.0 Å². The molecule has 1 aromatic heterocycles. The molecule has 1 aliphatic rings. The van der Waals surface area contributed by atoms with Crippen LogP contribution in [0.5, 0.6) is 11.6 Å². The second-order valence-corrected chi connectivity index (χ2v) is 5.87. The number of hydrogen-bond acceptors (Lipinski definition) is 9. The molecule has 0 spiro atoms. The summed E-state index contributed by atoms with van der Waals surface area (Å²) in [4.78, 5) is 19.4. The number of aromatic nitrogens is 1. The Labute approximate surface area is 156 Å². The quantitative estimate of drug-likeness (QED) is 0.494. The van der Waals surface area contributed by atoms with Crippen LogP contribution < -0.4 is 4.74 Å². The first-order valence-corrected chi connectivity index (χ1v) is 8.40. The van der Waals surface area contributed by atoms with Gasteiger partial charge in [0.15, 0.2) is 11.2 Å². The zero-order chi connectivity index (χ0) is 19.7. The normalized spacial score (nSPS) is 18.8. The largest absolute Gasteiger partial charge is 0.505 e. The fourth-order valence-electron chi connectivity index (χ4n) is 2.07. The van der Waals surface area contributed by atoms with Crippen molar-refractivity contribution in [2.24, 2.45) is 4.99 Å². The third-order valence-electron chi connectivity index (χ3n) is 3.63. The van der Waals surface area contributed by atoms with E-state index in [1.807, 2.05) is 0 Å². The van der Waals surface area contributed by atoms with Crippen LogP contribution in [0.3, 0.4) is 0 Å². The third kappa shape index (κ3) is 6.05. The molecular weight excluding hydrogens is 360 g/mol. The Morgan fingerprint density at radius 3 is 2.48 bits per heavy atom. The fourth-order valence-corrected chi connectivity index (χ4v) is 2.07. The molecule has 0 unspecified atom stereocenters. The average molecular weight is 384 g/mol. The van der Waals surface area contributed by atoms with Crippen molar-refractivity contribution in [3.05, 3.63) is 17.8 Å². The van der Waals surface area contributed by atoms with E-state index in [0.29, 0.717) is 33.0 Å². The van der Waals surface area contributed by atoms with E-state index in [0.717, 1.165) is 0 Å². The minimum atomic E-state index is -1.40. The number of carboxylic acid groups (broad SMARTS) is 1. The van der Waals surface area contributed by atoms with Crippen molar-refractivity contribution in [2.45, 2.75) is 12.5 Å². The number of rotatable bonds is 12. The van der Waals surface area contributed by atoms with Gasteiger partial charge in [0.05, 0.1) is 33.0 Å². The van der Waals surface area contributed by atoms with Crippen LogP contribution in [0.25, 0.3) is 0 Å². The summed E-state index contributed by atoms with van der Waals surface area (Å²) in [6.07, 6.45) is 0. The topological polar surface area (TPSA) is 129 Å². The number of aliphatic carboxylic acids is 1. The first kappa shape index (κ1) is 20.9. The zero-order valence-electron chi connectivity index (χ0n) is 15.3. The number of aromatic hydroxyl groups is 1. The molecule has 2 rings (SSSR count). The Hall–Kier alpha value is -2.43. The van der Waals surface area contributed by atoms with Crippen LogP contribution >= 0.6 is 0 Å². The first-order valence-electron chi connectivity index (χ1n) is 8.40. The molecule has 1 atom stereocenters. The molecule has 2 heterocycles. The summed E-state index contributed by atoms with van der Waals surface area (Å²) in [6.45, 7) is 3.82. The van der Waals surface area contributed by atoms with Gasteiger partial charge in [-0.1, -0.05) is 0 Å². The number of pyridine rings is 1. The lowest BCUT2D eigenvalue weighted by atomic mass is 10.1. The molecule has 0 bridgehead atoms. The molecule has 0 amide bonds. The highest BCUT2D eigenvalue weighted by Crippen LogP contribution is 2.26. The Kier molecular flexibility index (Phi) is 7.77. The second kappa shape index (κ2) is 10.0. The van der Waals surface area contributed by atoms with Gasteiger partial charge in [-0.3, -0.25) is 0 Å². The van der Waals surface area contributed by atoms with E-state index in [1.165, 1.54) is 19.1 Å². The van der Waals surface area contributed by atoms with Crippen LogP contribution in [0.15, 0.2) is 17.1 Å². The molecule has 10 heteroatoms. The first-order chi connectivity index (χ1) is 13.0. The van der Waals surface area contributed by atoms with Gasteiger partial charge in [0, 0.05) is 13.2 Å². The van der Waals surface area contributed by atoms with Crippen molar-refractivity contribution in [3.8, 4) is 11.6 Å². The van der Waals surface area contributed by atoms with Crippen molar-refractivity contribution in [1.29, 1.82) is 0 Å². The standard InChI is InChI=1S/C17H24N2O8/c1-17(16(21)22)11-27-15(19-17)14-12(20)3-4-13(18-14)26-10-9-25-8-7-24-6-5-23-2/h3-4,20H,5-11H2,1-2H3,(H,21,22)/t17-/m1/s1. The number of carboxylic acids is 1. The number of nitrogens with zero attached hydrogens (tertiary/aromatic N) is 2. The highest BCUT2D eigenvalue weighted by atomic mass is 16.6. The Morgan fingerprint density at radius 1 is 1.19 bits per heavy atom. The van der Waals surface area contributed by atoms with Crippen molar-refractivity contribution >= 4 is 11.9 Å². The maximum Gasteiger partial charge on any atom is 0.335 e. The van der Waals surface area contributed by atoms with E-state index < -0.39 is 11.5 Å². The van der Waals surface area contributed by atoms with Gasteiger partial charge in [0.2, 0.25) is 11.8 Å². The average Bonchev–Trinajstić information content (AvgIpc) is 3.05. The Bertz CT molecular complexity index is 666. The van der Waals surface area contributed by atoms with Crippen molar-refractivity contribution in [3.63, 3.8) is 0 Å². The predicted octanol–water partition coefficient (Wildman–Crippen LogP) is 0.466. The molecular formula is C17H24N2O8. The van der Waals surface area contributed by atoms with Gasteiger partial charge in [0.25, 0.3) is 0 Å². The number of aliphatic imine (C=N–C) groups is 1. The maximum absolute atomic E-state index is 11.2. The summed E-state index contributed by atoms with van der Waals surface area (Å²) in [7, 11) is 1.61. The number of carbonyl (C=O) groups is 1. The Morgan fingerprint density at radius 2 is 1.85 bits per heavy atom. The van der Waals surface area contributed by atoms with Crippen LogP contribution in [-0.2, 0) is 23.7 Å². The van der Waals surface area contributed by atoms with E-state index >= 15 is 0 Å². The van der Waals surface area contributed by atoms with Gasteiger partial charge in [-0.2, -0.15) is 0 Å². The molecule has 10 nitrogen and oxygen atoms in total. The van der Waals surface area contributed by atoms with Gasteiger partial charge >= 0.3 is 5.97 Å². The summed E-state index contributed by atoms with van der Waals surface area (Å²) >= 11 is 0. The minimum Gasteiger partial charge on any atom is -0.505 e. The number of ether oxygens (including phenoxy) is 5. The maximum atomic E-state index is 11.2. The molecule has 0 aromatic carbocycles. The lowest BCUT2D eigenvalue weighted by molar-refractivity contribution is -0.142. The summed E-state index contributed by atoms with van der Waals surface area (Å²) in [5.74, 6) is -1.10. The molecule has 150 valence electrons. The van der Waals surface area contributed by atoms with E-state index in [9.17, 15) is 15.0 Å². The van der Waals surface area contributed by atoms with Crippen molar-refractivity contribution in [2.75, 3.05) is 53.4 Å². The van der Waals surface area contributed by atoms with E-state index in [-0.39, 0.29) is 36.4 Å². The SMILES string of the molecule is COCCOCCOCCOc1ccc(O)c(C2=N[C@@](C)(C(=O)O)CO2)n1. The fraction of sp³-hybridized carbons (Fsp3) is 0.588. The molecule has 27 heavy (non-hydrogen) atoms. The van der Waals surface area contributed by atoms with Crippen molar-refractivity contribution < 1.29 is 38.7 Å². The summed E-state index contributed by atoms with van der Waals surface area (Å²) < 4.78 is 26.2. The molecule has 0 saturated carbocycles. The molecule has 0 radical (unpaired) electrons. The molecule has 2 N–H and O–H groups in total. The summed E-state index contributed by atoms with van der Waals surface area (Å²) in [6, 6.07) is 2.86. The van der Waals surface area contributed by atoms with E-state index in [2.05, 4.69) is 9.98 Å². The van der Waals surface area contributed by atoms with Gasteiger partial charge in [-0.15, -0.1) is 0 Å². The Balaban J connectivity index is 1.81. The van der Waals surface area contributed by atoms with Gasteiger partial charge < -0.3 is 33.9 Å². The van der Waals surface area contributed by atoms with Crippen LogP contribution in [0.1, 0.15) is 12.6 Å². The predicted molar refractivity (Wildman–Crippen MR) is 93.4 cm³/mol. The van der Waals surface area contributed by atoms with E-state index in [1.54, 1.807) is 7.11 Å². The zero-order valence-corrected chi connectivity index (χ0v) is 15.3. The van der Waals surface area contributed by atoms with Crippen LogP contribution in [0, 0.1) is 0 Å². The molecule has 0 saturated heterocycles. The number of hydrogen-bond donors (Lipinski definition) is 2. The van der Waals surface area contributed by atoms with E-state index in [4.69, 9.17) is 23.7 Å². The molecule has 0 fully saturated rings. The second-order valence-electron chi connectivity index (χ2n) is 5.87. The van der Waals surface area contributed by atoms with Gasteiger partial charge in [0.1, 0.15) is 19.0 Å². The van der Waals surface area contributed by atoms with Crippen LogP contribution in [0.4, 0.5) is 0 Å². The summed E-state index contributed by atoms with van der Waals surface area (Å²) in [5.41, 5.74) is -1.37. The third-order valence-corrected chi connectivity index (χ3v) is 3.63. The van der Waals surface area contributed by atoms with Crippen molar-refractivity contribution in [1.82, 2.24) is 4.98 Å². The number of methoxy groups -OCH3 is 1.